The van der Waals surface area contributed by atoms with Gasteiger partial charge in [-0.3, -0.25) is 0 Å². The lowest BCUT2D eigenvalue weighted by atomic mass is 10.2. The van der Waals surface area contributed by atoms with Crippen molar-refractivity contribution in [3.8, 4) is 0 Å². The van der Waals surface area contributed by atoms with Crippen molar-refractivity contribution in [3.63, 3.8) is 0 Å². The van der Waals surface area contributed by atoms with Gasteiger partial charge < -0.3 is 10.3 Å². The van der Waals surface area contributed by atoms with Crippen molar-refractivity contribution >= 4 is 27.5 Å². The van der Waals surface area contributed by atoms with E-state index in [9.17, 15) is 0 Å². The van der Waals surface area contributed by atoms with E-state index in [0.29, 0.717) is 0 Å². The van der Waals surface area contributed by atoms with Crippen LogP contribution < -0.4 is 5.32 Å². The molecule has 5 heteroatoms. The molecule has 1 heterocycles. The number of hydrogen-bond donors (Lipinski definition) is 2. The smallest absolute Gasteiger partial charge is 0.120 e. The fourth-order valence-corrected chi connectivity index (χ4v) is 1.82. The van der Waals surface area contributed by atoms with Crippen LogP contribution in [0.1, 0.15) is 11.4 Å². The van der Waals surface area contributed by atoms with Crippen molar-refractivity contribution in [2.24, 2.45) is 0 Å². The van der Waals surface area contributed by atoms with Crippen LogP contribution in [0, 0.1) is 0 Å². The number of H-pyrrole nitrogens is 1. The summed E-state index contributed by atoms with van der Waals surface area (Å²) in [4.78, 5) is 7.16. The van der Waals surface area contributed by atoms with Gasteiger partial charge in [-0.1, -0.05) is 17.7 Å². The first-order valence-electron chi connectivity index (χ1n) is 4.88. The average molecular weight is 301 g/mol. The third-order valence-corrected chi connectivity index (χ3v) is 3.39. The molecule has 0 aliphatic heterocycles. The second kappa shape index (κ2) is 5.48. The molecule has 2 rings (SSSR count). The molecule has 1 aromatic heterocycles. The summed E-state index contributed by atoms with van der Waals surface area (Å²) in [6.45, 7) is 1.49. The Morgan fingerprint density at radius 3 is 2.94 bits per heavy atom. The number of aromatic amines is 1. The first-order chi connectivity index (χ1) is 7.75. The molecule has 16 heavy (non-hydrogen) atoms. The Labute approximate surface area is 107 Å². The molecule has 0 aliphatic rings. The van der Waals surface area contributed by atoms with Gasteiger partial charge in [0.05, 0.1) is 11.6 Å². The molecule has 0 bridgehead atoms. The fourth-order valence-electron chi connectivity index (χ4n) is 1.37. The minimum Gasteiger partial charge on any atom is -0.348 e. The molecule has 0 saturated heterocycles. The summed E-state index contributed by atoms with van der Waals surface area (Å²) in [7, 11) is 0. The number of rotatable bonds is 4. The van der Waals surface area contributed by atoms with E-state index in [2.05, 4.69) is 31.2 Å². The number of hydrogen-bond acceptors (Lipinski definition) is 2. The summed E-state index contributed by atoms with van der Waals surface area (Å²) in [5, 5.41) is 4.02. The van der Waals surface area contributed by atoms with E-state index >= 15 is 0 Å². The van der Waals surface area contributed by atoms with Crippen LogP contribution in [0.5, 0.6) is 0 Å². The second-order valence-corrected chi connectivity index (χ2v) is 4.65. The van der Waals surface area contributed by atoms with Crippen LogP contribution in [-0.2, 0) is 13.1 Å². The Hall–Kier alpha value is -0.840. The van der Waals surface area contributed by atoms with Gasteiger partial charge in [0.2, 0.25) is 0 Å². The normalized spacial score (nSPS) is 10.6. The van der Waals surface area contributed by atoms with E-state index in [0.717, 1.165) is 34.0 Å². The summed E-state index contributed by atoms with van der Waals surface area (Å²) < 4.78 is 0.920. The van der Waals surface area contributed by atoms with Gasteiger partial charge in [0.15, 0.2) is 0 Å². The molecule has 0 spiro atoms. The van der Waals surface area contributed by atoms with Crippen molar-refractivity contribution in [1.29, 1.82) is 0 Å². The molecular formula is C11H11BrClN3. The minimum absolute atomic E-state index is 0.723. The van der Waals surface area contributed by atoms with E-state index in [1.807, 2.05) is 24.4 Å². The lowest BCUT2D eigenvalue weighted by Gasteiger charge is -2.04. The molecule has 1 aromatic carbocycles. The molecule has 0 saturated carbocycles. The number of nitrogens with one attached hydrogen (secondary N) is 2. The maximum absolute atomic E-state index is 6.00. The van der Waals surface area contributed by atoms with Gasteiger partial charge in [0.25, 0.3) is 0 Å². The molecule has 84 valence electrons. The van der Waals surface area contributed by atoms with Gasteiger partial charge in [-0.15, -0.1) is 0 Å². The Bertz CT molecular complexity index is 456. The number of aromatic nitrogens is 2. The average Bonchev–Trinajstić information content (AvgIpc) is 2.76. The standard InChI is InChI=1S/C11H11BrClN3/c12-9-2-1-8(5-10(9)13)6-14-7-11-15-3-4-16-11/h1-5,14H,6-7H2,(H,15,16). The molecule has 2 aromatic rings. The zero-order chi connectivity index (χ0) is 11.4. The van der Waals surface area contributed by atoms with Crippen molar-refractivity contribution in [3.05, 3.63) is 51.5 Å². The van der Waals surface area contributed by atoms with Gasteiger partial charge in [-0.05, 0) is 33.6 Å². The van der Waals surface area contributed by atoms with Crippen LogP contribution in [0.15, 0.2) is 35.1 Å². The maximum Gasteiger partial charge on any atom is 0.120 e. The lowest BCUT2D eigenvalue weighted by Crippen LogP contribution is -2.13. The van der Waals surface area contributed by atoms with E-state index < -0.39 is 0 Å². The molecule has 3 nitrogen and oxygen atoms in total. The predicted molar refractivity (Wildman–Crippen MR) is 68.3 cm³/mol. The highest BCUT2D eigenvalue weighted by molar-refractivity contribution is 9.10. The van der Waals surface area contributed by atoms with Crippen LogP contribution in [0.4, 0.5) is 0 Å². The monoisotopic (exact) mass is 299 g/mol. The van der Waals surface area contributed by atoms with Crippen LogP contribution in [-0.4, -0.2) is 9.97 Å². The number of nitrogens with zero attached hydrogens (tertiary/aromatic N) is 1. The summed E-state index contributed by atoms with van der Waals surface area (Å²) in [6, 6.07) is 5.93. The highest BCUT2D eigenvalue weighted by Crippen LogP contribution is 2.22. The van der Waals surface area contributed by atoms with Gasteiger partial charge in [-0.25, -0.2) is 4.98 Å². The van der Waals surface area contributed by atoms with Crippen LogP contribution >= 0.6 is 27.5 Å². The Kier molecular flexibility index (Phi) is 3.98. The van der Waals surface area contributed by atoms with Crippen molar-refractivity contribution in [2.45, 2.75) is 13.1 Å². The third-order valence-electron chi connectivity index (χ3n) is 2.16. The lowest BCUT2D eigenvalue weighted by molar-refractivity contribution is 0.669. The fraction of sp³-hybridized carbons (Fsp3) is 0.182. The van der Waals surface area contributed by atoms with E-state index in [1.54, 1.807) is 6.20 Å². The summed E-state index contributed by atoms with van der Waals surface area (Å²) in [5.41, 5.74) is 1.15. The highest BCUT2D eigenvalue weighted by atomic mass is 79.9. The highest BCUT2D eigenvalue weighted by Gasteiger charge is 1.99. The summed E-state index contributed by atoms with van der Waals surface area (Å²) in [5.74, 6) is 0.934. The van der Waals surface area contributed by atoms with Crippen LogP contribution in [0.25, 0.3) is 0 Å². The molecule has 0 fully saturated rings. The number of halogens is 2. The quantitative estimate of drug-likeness (QED) is 0.911. The van der Waals surface area contributed by atoms with Gasteiger partial charge in [-0.2, -0.15) is 0 Å². The second-order valence-electron chi connectivity index (χ2n) is 3.39. The molecule has 0 amide bonds. The maximum atomic E-state index is 6.00. The van der Waals surface area contributed by atoms with E-state index in [-0.39, 0.29) is 0 Å². The Morgan fingerprint density at radius 1 is 1.38 bits per heavy atom. The topological polar surface area (TPSA) is 40.7 Å². The summed E-state index contributed by atoms with van der Waals surface area (Å²) in [6.07, 6.45) is 3.56. The Morgan fingerprint density at radius 2 is 2.25 bits per heavy atom. The van der Waals surface area contributed by atoms with Crippen molar-refractivity contribution < 1.29 is 0 Å². The molecular weight excluding hydrogens is 289 g/mol. The number of imidazole rings is 1. The van der Waals surface area contributed by atoms with Crippen molar-refractivity contribution in [2.75, 3.05) is 0 Å². The molecule has 0 aliphatic carbocycles. The summed E-state index contributed by atoms with van der Waals surface area (Å²) >= 11 is 9.36. The van der Waals surface area contributed by atoms with Gasteiger partial charge in [0.1, 0.15) is 5.82 Å². The third kappa shape index (κ3) is 3.07. The molecule has 0 unspecified atom stereocenters. The predicted octanol–water partition coefficient (Wildman–Crippen LogP) is 3.12. The Balaban J connectivity index is 1.87. The first kappa shape index (κ1) is 11.6. The van der Waals surface area contributed by atoms with Crippen LogP contribution in [0.2, 0.25) is 5.02 Å². The molecule has 2 N–H and O–H groups in total. The zero-order valence-electron chi connectivity index (χ0n) is 8.50. The molecule has 0 radical (unpaired) electrons. The van der Waals surface area contributed by atoms with E-state index in [4.69, 9.17) is 11.6 Å². The zero-order valence-corrected chi connectivity index (χ0v) is 10.8. The SMILES string of the molecule is Clc1cc(CNCc2ncc[nH]2)ccc1Br. The van der Waals surface area contributed by atoms with Gasteiger partial charge in [0, 0.05) is 23.4 Å². The minimum atomic E-state index is 0.723. The van der Waals surface area contributed by atoms with Crippen LogP contribution in [0.3, 0.4) is 0 Å². The molecule has 0 atom stereocenters. The first-order valence-corrected chi connectivity index (χ1v) is 6.05. The van der Waals surface area contributed by atoms with E-state index in [1.165, 1.54) is 0 Å². The van der Waals surface area contributed by atoms with Crippen molar-refractivity contribution in [1.82, 2.24) is 15.3 Å². The van der Waals surface area contributed by atoms with Gasteiger partial charge >= 0.3 is 0 Å². The largest absolute Gasteiger partial charge is 0.348 e. The number of benzene rings is 1.